The summed E-state index contributed by atoms with van der Waals surface area (Å²) in [4.78, 5) is 26.1. The van der Waals surface area contributed by atoms with Crippen LogP contribution in [0.1, 0.15) is 39.0 Å². The van der Waals surface area contributed by atoms with Crippen LogP contribution >= 0.6 is 0 Å². The van der Waals surface area contributed by atoms with Gasteiger partial charge in [-0.3, -0.25) is 9.59 Å². The van der Waals surface area contributed by atoms with E-state index >= 15 is 0 Å². The fourth-order valence-electron chi connectivity index (χ4n) is 3.02. The highest BCUT2D eigenvalue weighted by Crippen LogP contribution is 2.25. The smallest absolute Gasteiger partial charge is 0.226 e. The molecule has 2 atom stereocenters. The predicted octanol–water partition coefficient (Wildman–Crippen LogP) is 2.87. The first kappa shape index (κ1) is 15.6. The Labute approximate surface area is 135 Å². The number of para-hydroxylation sites is 1. The summed E-state index contributed by atoms with van der Waals surface area (Å²) in [5, 5.41) is 3.99. The van der Waals surface area contributed by atoms with Gasteiger partial charge in [-0.15, -0.1) is 0 Å². The molecule has 0 unspecified atom stereocenters. The monoisotopic (exact) mass is 314 g/mol. The SMILES string of the molecule is CC(C)N1C[C@H](C(=O)N[C@H](C)c2cc3ccccc3o2)CC1=O. The quantitative estimate of drug-likeness (QED) is 0.944. The topological polar surface area (TPSA) is 62.6 Å². The minimum Gasteiger partial charge on any atom is -0.459 e. The molecule has 0 radical (unpaired) electrons. The van der Waals surface area contributed by atoms with Gasteiger partial charge in [0, 0.05) is 24.4 Å². The summed E-state index contributed by atoms with van der Waals surface area (Å²) in [6.45, 7) is 6.33. The zero-order chi connectivity index (χ0) is 16.6. The Kier molecular flexibility index (Phi) is 4.11. The molecule has 2 heterocycles. The number of nitrogens with zero attached hydrogens (tertiary/aromatic N) is 1. The molecule has 0 saturated carbocycles. The maximum Gasteiger partial charge on any atom is 0.226 e. The lowest BCUT2D eigenvalue weighted by Gasteiger charge is -2.21. The molecule has 2 amide bonds. The van der Waals surface area contributed by atoms with Gasteiger partial charge < -0.3 is 14.6 Å². The third kappa shape index (κ3) is 3.09. The number of hydrogen-bond donors (Lipinski definition) is 1. The van der Waals surface area contributed by atoms with Gasteiger partial charge in [-0.05, 0) is 32.9 Å². The molecule has 122 valence electrons. The van der Waals surface area contributed by atoms with Crippen molar-refractivity contribution in [2.45, 2.75) is 39.3 Å². The zero-order valence-electron chi connectivity index (χ0n) is 13.7. The van der Waals surface area contributed by atoms with Gasteiger partial charge in [-0.2, -0.15) is 0 Å². The summed E-state index contributed by atoms with van der Waals surface area (Å²) >= 11 is 0. The molecule has 0 bridgehead atoms. The van der Waals surface area contributed by atoms with Crippen LogP contribution in [0.25, 0.3) is 11.0 Å². The molecule has 1 saturated heterocycles. The number of likely N-dealkylation sites (tertiary alicyclic amines) is 1. The molecule has 5 heteroatoms. The van der Waals surface area contributed by atoms with Crippen LogP contribution in [-0.4, -0.2) is 29.3 Å². The highest BCUT2D eigenvalue weighted by Gasteiger charge is 2.36. The van der Waals surface area contributed by atoms with Gasteiger partial charge in [0.2, 0.25) is 11.8 Å². The fourth-order valence-corrected chi connectivity index (χ4v) is 3.02. The molecule has 0 aliphatic carbocycles. The average Bonchev–Trinajstić information content (AvgIpc) is 3.10. The Hall–Kier alpha value is -2.30. The van der Waals surface area contributed by atoms with Crippen molar-refractivity contribution in [1.29, 1.82) is 0 Å². The first-order chi connectivity index (χ1) is 11.0. The van der Waals surface area contributed by atoms with Crippen molar-refractivity contribution >= 4 is 22.8 Å². The van der Waals surface area contributed by atoms with Crippen LogP contribution in [0.5, 0.6) is 0 Å². The molecule has 1 aromatic carbocycles. The van der Waals surface area contributed by atoms with Crippen molar-refractivity contribution in [3.63, 3.8) is 0 Å². The number of benzene rings is 1. The van der Waals surface area contributed by atoms with Crippen molar-refractivity contribution in [3.05, 3.63) is 36.1 Å². The fraction of sp³-hybridized carbons (Fsp3) is 0.444. The van der Waals surface area contributed by atoms with Crippen molar-refractivity contribution in [3.8, 4) is 0 Å². The van der Waals surface area contributed by atoms with E-state index in [-0.39, 0.29) is 36.2 Å². The van der Waals surface area contributed by atoms with E-state index in [1.165, 1.54) is 0 Å². The first-order valence-electron chi connectivity index (χ1n) is 8.04. The van der Waals surface area contributed by atoms with Gasteiger partial charge in [0.25, 0.3) is 0 Å². The Bertz CT molecular complexity index is 702. The predicted molar refractivity (Wildman–Crippen MR) is 87.7 cm³/mol. The number of hydrogen-bond acceptors (Lipinski definition) is 3. The summed E-state index contributed by atoms with van der Waals surface area (Å²) in [7, 11) is 0. The molecule has 1 aliphatic heterocycles. The zero-order valence-corrected chi connectivity index (χ0v) is 13.7. The van der Waals surface area contributed by atoms with Crippen molar-refractivity contribution in [2.75, 3.05) is 6.54 Å². The number of furan rings is 1. The molecular weight excluding hydrogens is 292 g/mol. The molecule has 0 spiro atoms. The van der Waals surface area contributed by atoms with Gasteiger partial charge in [0.1, 0.15) is 11.3 Å². The molecule has 2 aromatic rings. The highest BCUT2D eigenvalue weighted by molar-refractivity contribution is 5.89. The van der Waals surface area contributed by atoms with E-state index < -0.39 is 0 Å². The molecule has 1 fully saturated rings. The van der Waals surface area contributed by atoms with Gasteiger partial charge in [-0.1, -0.05) is 18.2 Å². The van der Waals surface area contributed by atoms with Crippen LogP contribution < -0.4 is 5.32 Å². The van der Waals surface area contributed by atoms with Crippen molar-refractivity contribution in [2.24, 2.45) is 5.92 Å². The van der Waals surface area contributed by atoms with Crippen LogP contribution in [-0.2, 0) is 9.59 Å². The third-order valence-electron chi connectivity index (χ3n) is 4.38. The van der Waals surface area contributed by atoms with Crippen molar-refractivity contribution < 1.29 is 14.0 Å². The Morgan fingerprint density at radius 2 is 2.04 bits per heavy atom. The number of amides is 2. The van der Waals surface area contributed by atoms with Crippen molar-refractivity contribution in [1.82, 2.24) is 10.2 Å². The lowest BCUT2D eigenvalue weighted by molar-refractivity contribution is -0.130. The number of fused-ring (bicyclic) bond motifs is 1. The van der Waals surface area contributed by atoms with E-state index in [0.29, 0.717) is 6.54 Å². The maximum absolute atomic E-state index is 12.4. The number of carbonyl (C=O) groups is 2. The largest absolute Gasteiger partial charge is 0.459 e. The van der Waals surface area contributed by atoms with Gasteiger partial charge in [0.05, 0.1) is 12.0 Å². The molecule has 3 rings (SSSR count). The minimum atomic E-state index is -0.281. The summed E-state index contributed by atoms with van der Waals surface area (Å²) in [6.07, 6.45) is 0.289. The van der Waals surface area contributed by atoms with E-state index in [9.17, 15) is 9.59 Å². The number of carbonyl (C=O) groups excluding carboxylic acids is 2. The Balaban J connectivity index is 1.67. The summed E-state index contributed by atoms with van der Waals surface area (Å²) in [6, 6.07) is 9.61. The van der Waals surface area contributed by atoms with Gasteiger partial charge in [0.15, 0.2) is 0 Å². The Morgan fingerprint density at radius 3 is 2.70 bits per heavy atom. The van der Waals surface area contributed by atoms with Crippen LogP contribution in [0.4, 0.5) is 0 Å². The van der Waals surface area contributed by atoms with E-state index in [2.05, 4.69) is 5.32 Å². The summed E-state index contributed by atoms with van der Waals surface area (Å²) in [5.74, 6) is 0.410. The second-order valence-corrected chi connectivity index (χ2v) is 6.46. The van der Waals surface area contributed by atoms with E-state index in [1.807, 2.05) is 51.1 Å². The number of nitrogens with one attached hydrogen (secondary N) is 1. The highest BCUT2D eigenvalue weighted by atomic mass is 16.3. The second-order valence-electron chi connectivity index (χ2n) is 6.46. The molecular formula is C18H22N2O3. The third-order valence-corrected chi connectivity index (χ3v) is 4.38. The standard InChI is InChI=1S/C18H22N2O3/c1-11(2)20-10-14(9-17(20)21)18(22)19-12(3)16-8-13-6-4-5-7-15(13)23-16/h4-8,11-12,14H,9-10H2,1-3H3,(H,19,22)/t12-,14-/m1/s1. The van der Waals surface area contributed by atoms with Crippen LogP contribution in [0.2, 0.25) is 0 Å². The first-order valence-corrected chi connectivity index (χ1v) is 8.04. The second kappa shape index (κ2) is 6.07. The summed E-state index contributed by atoms with van der Waals surface area (Å²) < 4.78 is 5.78. The maximum atomic E-state index is 12.4. The number of rotatable bonds is 4. The van der Waals surface area contributed by atoms with E-state index in [4.69, 9.17) is 4.42 Å². The van der Waals surface area contributed by atoms with Crippen LogP contribution in [0.15, 0.2) is 34.7 Å². The van der Waals surface area contributed by atoms with Gasteiger partial charge in [-0.25, -0.2) is 0 Å². The lowest BCUT2D eigenvalue weighted by Crippen LogP contribution is -2.36. The molecule has 1 aliphatic rings. The Morgan fingerprint density at radius 1 is 1.30 bits per heavy atom. The van der Waals surface area contributed by atoms with Crippen LogP contribution in [0.3, 0.4) is 0 Å². The van der Waals surface area contributed by atoms with Gasteiger partial charge >= 0.3 is 0 Å². The van der Waals surface area contributed by atoms with E-state index in [0.717, 1.165) is 16.7 Å². The molecule has 1 aromatic heterocycles. The van der Waals surface area contributed by atoms with Crippen LogP contribution in [0, 0.1) is 5.92 Å². The average molecular weight is 314 g/mol. The molecule has 5 nitrogen and oxygen atoms in total. The minimum absolute atomic E-state index is 0.0524. The molecule has 23 heavy (non-hydrogen) atoms. The van der Waals surface area contributed by atoms with E-state index in [1.54, 1.807) is 4.90 Å². The molecule has 1 N–H and O–H groups in total. The lowest BCUT2D eigenvalue weighted by atomic mass is 10.1. The summed E-state index contributed by atoms with van der Waals surface area (Å²) in [5.41, 5.74) is 0.811. The normalized spacial score (nSPS) is 19.6.